The Labute approximate surface area is 283 Å². The van der Waals surface area contributed by atoms with E-state index in [4.69, 9.17) is 18.9 Å². The van der Waals surface area contributed by atoms with Gasteiger partial charge in [0.15, 0.2) is 12.1 Å². The summed E-state index contributed by atoms with van der Waals surface area (Å²) in [6.07, 6.45) is 13.0. The van der Waals surface area contributed by atoms with Gasteiger partial charge in [-0.3, -0.25) is 0 Å². The molecule has 6 nitrogen and oxygen atoms in total. The van der Waals surface area contributed by atoms with Crippen molar-refractivity contribution in [1.29, 1.82) is 0 Å². The van der Waals surface area contributed by atoms with E-state index in [1.807, 2.05) is 0 Å². The molecule has 3 unspecified atom stereocenters. The molecule has 2 heterocycles. The Morgan fingerprint density at radius 2 is 1.80 bits per heavy atom. The number of hydrogen-bond donors (Lipinski definition) is 2. The van der Waals surface area contributed by atoms with Gasteiger partial charge in [0, 0.05) is 40.5 Å². The van der Waals surface area contributed by atoms with E-state index < -0.39 is 17.0 Å². The summed E-state index contributed by atoms with van der Waals surface area (Å²) >= 11 is 2.46. The smallest absolute Gasteiger partial charge is 0.171 e. The standard InChI is InChI=1S/C38H55IO6/c1-33(2)23-44-38(45-24-33)16-15-35-20-25-19-26(39)8-9-27(25)29-21-34(3)30(28(32(29)35)10-13-37(35,41)22-38)11-14-36(34,40)12-6-18-43-31-7-4-5-17-42-31/h8-9,19,28-32,40-41H,4-7,10-18,20-24H2,1-3H3/t28-,29?,30+,31?,32?,34-,35-,36+,37+/m0/s1. The molecule has 2 N–H and O–H groups in total. The lowest BCUT2D eigenvalue weighted by Crippen LogP contribution is -2.71. The average Bonchev–Trinajstić information content (AvgIpc) is 3.27. The van der Waals surface area contributed by atoms with Crippen LogP contribution in [0.1, 0.15) is 121 Å². The predicted molar refractivity (Wildman–Crippen MR) is 181 cm³/mol. The zero-order valence-electron chi connectivity index (χ0n) is 27.8. The van der Waals surface area contributed by atoms with Crippen LogP contribution in [-0.2, 0) is 25.4 Å². The second kappa shape index (κ2) is 11.1. The summed E-state index contributed by atoms with van der Waals surface area (Å²) in [5, 5.41) is 25.6. The molecule has 7 heteroatoms. The van der Waals surface area contributed by atoms with Crippen LogP contribution in [0, 0.1) is 37.6 Å². The van der Waals surface area contributed by atoms with Crippen LogP contribution < -0.4 is 0 Å². The summed E-state index contributed by atoms with van der Waals surface area (Å²) in [5.74, 6) is 1.11. The maximum Gasteiger partial charge on any atom is 0.171 e. The Bertz CT molecular complexity index is 1280. The predicted octanol–water partition coefficient (Wildman–Crippen LogP) is 7.50. The SMILES string of the molecule is CC1(C)COC2(CC[C@@]34Cc5cc(I)ccc5C5C[C@@]6(C)[C@H](CC[C@]6(O)CCCOC6CCCCO6)[C@H](CC[C@@]3(O)C2)C54)OC1. The number of ether oxygens (including phenoxy) is 4. The fourth-order valence-corrected chi connectivity index (χ4v) is 12.7. The molecule has 5 aliphatic carbocycles. The molecule has 1 aromatic rings. The molecule has 6 fully saturated rings. The third kappa shape index (κ3) is 4.97. The second-order valence-electron chi connectivity index (χ2n) is 17.4. The van der Waals surface area contributed by atoms with Crippen LogP contribution >= 0.6 is 22.6 Å². The highest BCUT2D eigenvalue weighted by Crippen LogP contribution is 2.75. The van der Waals surface area contributed by atoms with Crippen LogP contribution in [0.2, 0.25) is 0 Å². The van der Waals surface area contributed by atoms with Crippen molar-refractivity contribution in [3.63, 3.8) is 0 Å². The van der Waals surface area contributed by atoms with Crippen molar-refractivity contribution in [2.24, 2.45) is 34.0 Å². The van der Waals surface area contributed by atoms with Crippen molar-refractivity contribution in [2.45, 2.75) is 140 Å². The molecule has 8 rings (SSSR count). The number of aliphatic hydroxyl groups is 2. The van der Waals surface area contributed by atoms with Gasteiger partial charge in [-0.1, -0.05) is 26.8 Å². The lowest BCUT2D eigenvalue weighted by molar-refractivity contribution is -0.358. The minimum absolute atomic E-state index is 0.00902. The van der Waals surface area contributed by atoms with Gasteiger partial charge in [0.1, 0.15) is 0 Å². The minimum atomic E-state index is -0.813. The Morgan fingerprint density at radius 1 is 0.978 bits per heavy atom. The van der Waals surface area contributed by atoms with Crippen molar-refractivity contribution < 1.29 is 29.2 Å². The van der Waals surface area contributed by atoms with Crippen molar-refractivity contribution in [1.82, 2.24) is 0 Å². The molecule has 0 amide bonds. The molecule has 0 radical (unpaired) electrons. The molecule has 1 aromatic carbocycles. The van der Waals surface area contributed by atoms with Gasteiger partial charge in [-0.2, -0.15) is 0 Å². The van der Waals surface area contributed by atoms with Crippen LogP contribution in [0.25, 0.3) is 0 Å². The highest BCUT2D eigenvalue weighted by Gasteiger charge is 2.73. The maximum absolute atomic E-state index is 13.0. The summed E-state index contributed by atoms with van der Waals surface area (Å²) in [5.41, 5.74) is 1.09. The van der Waals surface area contributed by atoms with Crippen molar-refractivity contribution in [2.75, 3.05) is 26.4 Å². The van der Waals surface area contributed by atoms with E-state index in [1.165, 1.54) is 21.1 Å². The van der Waals surface area contributed by atoms with E-state index in [1.54, 1.807) is 0 Å². The van der Waals surface area contributed by atoms with Crippen LogP contribution in [0.5, 0.6) is 0 Å². The number of fused-ring (bicyclic) bond motifs is 4. The highest BCUT2D eigenvalue weighted by atomic mass is 127. The molecule has 2 aliphatic heterocycles. The largest absolute Gasteiger partial charge is 0.389 e. The molecule has 2 spiro atoms. The molecule has 45 heavy (non-hydrogen) atoms. The summed E-state index contributed by atoms with van der Waals surface area (Å²) in [4.78, 5) is 0. The molecule has 0 bridgehead atoms. The first-order valence-electron chi connectivity index (χ1n) is 18.2. The first-order chi connectivity index (χ1) is 21.4. The van der Waals surface area contributed by atoms with Crippen LogP contribution in [0.15, 0.2) is 18.2 Å². The zero-order valence-corrected chi connectivity index (χ0v) is 29.9. The minimum Gasteiger partial charge on any atom is -0.389 e. The molecule has 7 aliphatic rings. The first-order valence-corrected chi connectivity index (χ1v) is 19.2. The number of halogens is 1. The van der Waals surface area contributed by atoms with Crippen molar-refractivity contribution in [3.05, 3.63) is 32.9 Å². The summed E-state index contributed by atoms with van der Waals surface area (Å²) in [7, 11) is 0. The van der Waals surface area contributed by atoms with Crippen molar-refractivity contribution in [3.8, 4) is 0 Å². The van der Waals surface area contributed by atoms with Gasteiger partial charge < -0.3 is 29.2 Å². The molecule has 250 valence electrons. The molecule has 4 saturated carbocycles. The highest BCUT2D eigenvalue weighted by molar-refractivity contribution is 14.1. The molecular weight excluding hydrogens is 679 g/mol. The van der Waals surface area contributed by atoms with Gasteiger partial charge in [-0.05, 0) is 152 Å². The van der Waals surface area contributed by atoms with E-state index in [0.29, 0.717) is 49.9 Å². The molecular formula is C38H55IO6. The molecule has 0 aromatic heterocycles. The second-order valence-corrected chi connectivity index (χ2v) is 18.7. The maximum atomic E-state index is 13.0. The number of hydrogen-bond acceptors (Lipinski definition) is 6. The first kappa shape index (κ1) is 31.9. The van der Waals surface area contributed by atoms with E-state index in [2.05, 4.69) is 61.6 Å². The molecule has 9 atom stereocenters. The third-order valence-corrected chi connectivity index (χ3v) is 15.1. The van der Waals surface area contributed by atoms with Gasteiger partial charge >= 0.3 is 0 Å². The lowest BCUT2D eigenvalue weighted by Gasteiger charge is -2.70. The number of rotatable bonds is 5. The Kier molecular flexibility index (Phi) is 7.89. The monoisotopic (exact) mass is 734 g/mol. The Hall–Kier alpha value is -0.290. The van der Waals surface area contributed by atoms with Crippen molar-refractivity contribution >= 4 is 22.6 Å². The quantitative estimate of drug-likeness (QED) is 0.241. The Balaban J connectivity index is 1.10. The zero-order chi connectivity index (χ0) is 31.3. The fourth-order valence-electron chi connectivity index (χ4n) is 12.2. The third-order valence-electron chi connectivity index (χ3n) is 14.4. The fraction of sp³-hybridized carbons (Fsp3) is 0.842. The average molecular weight is 735 g/mol. The van der Waals surface area contributed by atoms with E-state index in [0.717, 1.165) is 83.7 Å². The van der Waals surface area contributed by atoms with Gasteiger partial charge in [-0.25, -0.2) is 0 Å². The summed E-state index contributed by atoms with van der Waals surface area (Å²) in [6.45, 7) is 9.66. The van der Waals surface area contributed by atoms with Crippen LogP contribution in [0.4, 0.5) is 0 Å². The van der Waals surface area contributed by atoms with Gasteiger partial charge in [-0.15, -0.1) is 0 Å². The topological polar surface area (TPSA) is 77.4 Å². The summed E-state index contributed by atoms with van der Waals surface area (Å²) in [6, 6.07) is 7.07. The van der Waals surface area contributed by atoms with E-state index in [9.17, 15) is 10.2 Å². The van der Waals surface area contributed by atoms with Crippen LogP contribution in [-0.4, -0.2) is 59.9 Å². The molecule has 2 saturated heterocycles. The lowest BCUT2D eigenvalue weighted by atomic mass is 9.36. The van der Waals surface area contributed by atoms with E-state index >= 15 is 0 Å². The normalized spacial score (nSPS) is 46.1. The van der Waals surface area contributed by atoms with E-state index in [-0.39, 0.29) is 22.5 Å². The van der Waals surface area contributed by atoms with Gasteiger partial charge in [0.05, 0.1) is 24.4 Å². The van der Waals surface area contributed by atoms with Gasteiger partial charge in [0.2, 0.25) is 0 Å². The number of benzene rings is 1. The van der Waals surface area contributed by atoms with Crippen LogP contribution in [0.3, 0.4) is 0 Å². The van der Waals surface area contributed by atoms with Gasteiger partial charge in [0.25, 0.3) is 0 Å². The summed E-state index contributed by atoms with van der Waals surface area (Å²) < 4.78 is 26.3. The Morgan fingerprint density at radius 3 is 2.58 bits per heavy atom.